The Bertz CT molecular complexity index is 861. The molecular weight excluding hydrogens is 411 g/mol. The minimum absolute atomic E-state index is 0.0227. The van der Waals surface area contributed by atoms with Crippen LogP contribution in [0.4, 0.5) is 11.4 Å². The highest BCUT2D eigenvalue weighted by Crippen LogP contribution is 2.38. The SMILES string of the molecule is CN(P)CCC(C)(C)N=C1C=CC(=Nc2cc(O)c(NCCO)cc2O)CC(C)(C)C1. The fourth-order valence-corrected chi connectivity index (χ4v) is 3.67. The quantitative estimate of drug-likeness (QED) is 0.270. The van der Waals surface area contributed by atoms with Crippen molar-refractivity contribution in [1.29, 1.82) is 0 Å². The van der Waals surface area contributed by atoms with Crippen LogP contribution in [-0.2, 0) is 0 Å². The number of aliphatic hydroxyl groups is 1. The zero-order valence-corrected chi connectivity index (χ0v) is 20.5. The molecule has 1 aromatic rings. The molecule has 0 spiro atoms. The Morgan fingerprint density at radius 3 is 2.42 bits per heavy atom. The average Bonchev–Trinajstić information content (AvgIpc) is 2.78. The van der Waals surface area contributed by atoms with Gasteiger partial charge in [0.15, 0.2) is 0 Å². The lowest BCUT2D eigenvalue weighted by Gasteiger charge is -2.26. The second-order valence-corrected chi connectivity index (χ2v) is 10.5. The zero-order valence-electron chi connectivity index (χ0n) is 19.3. The van der Waals surface area contributed by atoms with Crippen molar-refractivity contribution in [3.8, 4) is 11.5 Å². The van der Waals surface area contributed by atoms with Crippen molar-refractivity contribution in [1.82, 2.24) is 4.67 Å². The van der Waals surface area contributed by atoms with E-state index in [9.17, 15) is 10.2 Å². The number of nitrogens with one attached hydrogen (secondary N) is 1. The molecule has 1 unspecified atom stereocenters. The number of hydrogen-bond donors (Lipinski definition) is 4. The topological polar surface area (TPSA) is 101 Å². The molecular formula is C23H37N4O3P. The molecule has 0 saturated heterocycles. The number of benzene rings is 1. The monoisotopic (exact) mass is 448 g/mol. The highest BCUT2D eigenvalue weighted by atomic mass is 31.0. The molecule has 0 heterocycles. The Labute approximate surface area is 188 Å². The van der Waals surface area contributed by atoms with E-state index in [0.29, 0.717) is 11.4 Å². The van der Waals surface area contributed by atoms with Crippen LogP contribution in [0.25, 0.3) is 0 Å². The summed E-state index contributed by atoms with van der Waals surface area (Å²) in [5, 5.41) is 32.4. The molecule has 0 saturated carbocycles. The molecule has 0 bridgehead atoms. The molecule has 0 radical (unpaired) electrons. The molecule has 0 aliphatic heterocycles. The summed E-state index contributed by atoms with van der Waals surface area (Å²) < 4.78 is 2.09. The van der Waals surface area contributed by atoms with Gasteiger partial charge in [0.05, 0.1) is 17.8 Å². The first-order valence-corrected chi connectivity index (χ1v) is 11.1. The van der Waals surface area contributed by atoms with Crippen LogP contribution in [0.1, 0.15) is 47.0 Å². The maximum atomic E-state index is 10.4. The van der Waals surface area contributed by atoms with Gasteiger partial charge in [-0.3, -0.25) is 9.66 Å². The number of hydrogen-bond acceptors (Lipinski definition) is 7. The molecule has 1 aliphatic carbocycles. The smallest absolute Gasteiger partial charge is 0.143 e. The van der Waals surface area contributed by atoms with Crippen LogP contribution in [0.3, 0.4) is 0 Å². The summed E-state index contributed by atoms with van der Waals surface area (Å²) in [6.07, 6.45) is 6.50. The van der Waals surface area contributed by atoms with Crippen LogP contribution in [0.2, 0.25) is 0 Å². The van der Waals surface area contributed by atoms with Gasteiger partial charge in [-0.25, -0.2) is 4.99 Å². The van der Waals surface area contributed by atoms with E-state index < -0.39 is 0 Å². The number of aliphatic imine (C=N–C) groups is 2. The van der Waals surface area contributed by atoms with Gasteiger partial charge >= 0.3 is 0 Å². The lowest BCUT2D eigenvalue weighted by atomic mass is 9.83. The molecule has 7 nitrogen and oxygen atoms in total. The molecule has 8 heteroatoms. The van der Waals surface area contributed by atoms with Crippen molar-refractivity contribution in [3.05, 3.63) is 24.3 Å². The van der Waals surface area contributed by atoms with Gasteiger partial charge in [-0.2, -0.15) is 0 Å². The summed E-state index contributed by atoms with van der Waals surface area (Å²) >= 11 is 0. The van der Waals surface area contributed by atoms with Crippen molar-refractivity contribution >= 4 is 32.2 Å². The predicted molar refractivity (Wildman–Crippen MR) is 133 cm³/mol. The van der Waals surface area contributed by atoms with E-state index in [1.807, 2.05) is 19.2 Å². The second-order valence-electron chi connectivity index (χ2n) is 9.61. The van der Waals surface area contributed by atoms with E-state index in [-0.39, 0.29) is 35.6 Å². The summed E-state index contributed by atoms with van der Waals surface area (Å²) in [7, 11) is 4.72. The molecule has 1 aromatic carbocycles. The zero-order chi connectivity index (χ0) is 23.2. The van der Waals surface area contributed by atoms with Crippen molar-refractivity contribution < 1.29 is 15.3 Å². The van der Waals surface area contributed by atoms with E-state index in [4.69, 9.17) is 10.1 Å². The molecule has 0 aromatic heterocycles. The van der Waals surface area contributed by atoms with Crippen LogP contribution in [-0.4, -0.2) is 63.7 Å². The van der Waals surface area contributed by atoms with Gasteiger partial charge < -0.3 is 20.6 Å². The number of rotatable bonds is 8. The molecule has 1 aliphatic rings. The second kappa shape index (κ2) is 10.6. The van der Waals surface area contributed by atoms with E-state index in [1.165, 1.54) is 12.1 Å². The van der Waals surface area contributed by atoms with Gasteiger partial charge in [0, 0.05) is 36.6 Å². The summed E-state index contributed by atoms with van der Waals surface area (Å²) in [5.41, 5.74) is 2.33. The standard InChI is InChI=1S/C23H37N4O3P/c1-22(2)14-16(6-7-17(15-22)26-23(3,4)8-10-27(5)31)25-19-13-20(29)18(12-21(19)30)24-9-11-28/h6-7,12-13,24,28-30H,8-11,14-15,31H2,1-5H3. The Hall–Kier alpha value is -1.95. The maximum Gasteiger partial charge on any atom is 0.143 e. The van der Waals surface area contributed by atoms with Crippen LogP contribution in [0.5, 0.6) is 11.5 Å². The molecule has 0 fully saturated rings. The van der Waals surface area contributed by atoms with Crippen LogP contribution >= 0.6 is 9.39 Å². The largest absolute Gasteiger partial charge is 0.506 e. The van der Waals surface area contributed by atoms with Crippen LogP contribution < -0.4 is 5.32 Å². The van der Waals surface area contributed by atoms with Crippen molar-refractivity contribution in [2.24, 2.45) is 15.4 Å². The molecule has 0 amide bonds. The van der Waals surface area contributed by atoms with E-state index in [1.54, 1.807) is 0 Å². The highest BCUT2D eigenvalue weighted by molar-refractivity contribution is 7.13. The molecule has 31 heavy (non-hydrogen) atoms. The number of aliphatic hydroxyl groups excluding tert-OH is 1. The molecule has 1 atom stereocenters. The number of phenols is 2. The van der Waals surface area contributed by atoms with Crippen LogP contribution in [0, 0.1) is 5.41 Å². The first-order valence-electron chi connectivity index (χ1n) is 10.6. The third kappa shape index (κ3) is 8.24. The first-order chi connectivity index (χ1) is 14.4. The first kappa shape index (κ1) is 25.3. The predicted octanol–water partition coefficient (Wildman–Crippen LogP) is 4.28. The van der Waals surface area contributed by atoms with Gasteiger partial charge in [0.25, 0.3) is 0 Å². The average molecular weight is 449 g/mol. The fraction of sp³-hybridized carbons (Fsp3) is 0.565. The van der Waals surface area contributed by atoms with Crippen molar-refractivity contribution in [2.75, 3.05) is 32.1 Å². The van der Waals surface area contributed by atoms with Gasteiger partial charge in [-0.1, -0.05) is 23.2 Å². The Morgan fingerprint density at radius 1 is 1.13 bits per heavy atom. The van der Waals surface area contributed by atoms with Gasteiger partial charge in [0.1, 0.15) is 17.2 Å². The maximum absolute atomic E-state index is 10.4. The minimum Gasteiger partial charge on any atom is -0.506 e. The third-order valence-electron chi connectivity index (χ3n) is 5.09. The van der Waals surface area contributed by atoms with Crippen molar-refractivity contribution in [2.45, 2.75) is 52.5 Å². The normalized spacial score (nSPS) is 19.2. The highest BCUT2D eigenvalue weighted by Gasteiger charge is 2.26. The molecule has 4 N–H and O–H groups in total. The van der Waals surface area contributed by atoms with E-state index in [2.05, 4.69) is 52.1 Å². The summed E-state index contributed by atoms with van der Waals surface area (Å²) in [4.78, 5) is 9.65. The fourth-order valence-electron chi connectivity index (χ4n) is 3.54. The Kier molecular flexibility index (Phi) is 8.64. The summed E-state index contributed by atoms with van der Waals surface area (Å²) in [6.45, 7) is 9.84. The van der Waals surface area contributed by atoms with Gasteiger partial charge in [-0.15, -0.1) is 0 Å². The van der Waals surface area contributed by atoms with Gasteiger partial charge in [0.2, 0.25) is 0 Å². The lowest BCUT2D eigenvalue weighted by Crippen LogP contribution is -2.25. The van der Waals surface area contributed by atoms with Gasteiger partial charge in [-0.05, 0) is 57.7 Å². The third-order valence-corrected chi connectivity index (χ3v) is 5.35. The van der Waals surface area contributed by atoms with E-state index >= 15 is 0 Å². The Balaban J connectivity index is 2.30. The number of aromatic hydroxyl groups is 2. The summed E-state index contributed by atoms with van der Waals surface area (Å²) in [5.74, 6) is -0.0525. The minimum atomic E-state index is -0.163. The Morgan fingerprint density at radius 2 is 1.77 bits per heavy atom. The van der Waals surface area contributed by atoms with Crippen LogP contribution in [0.15, 0.2) is 34.3 Å². The number of anilines is 1. The number of phenolic OH excluding ortho intramolecular Hbond substituents is 2. The van der Waals surface area contributed by atoms with E-state index in [0.717, 1.165) is 37.2 Å². The van der Waals surface area contributed by atoms with Crippen molar-refractivity contribution in [3.63, 3.8) is 0 Å². The molecule has 2 rings (SSSR count). The number of allylic oxidation sites excluding steroid dienone is 2. The lowest BCUT2D eigenvalue weighted by molar-refractivity contribution is 0.311. The number of nitrogens with zero attached hydrogens (tertiary/aromatic N) is 3. The molecule has 172 valence electrons. The summed E-state index contributed by atoms with van der Waals surface area (Å²) in [6, 6.07) is 2.86.